The third-order valence-electron chi connectivity index (χ3n) is 4.93. The molecule has 0 unspecified atom stereocenters. The molecular weight excluding hydrogens is 364 g/mol. The summed E-state index contributed by atoms with van der Waals surface area (Å²) in [6.07, 6.45) is 2.41. The van der Waals surface area contributed by atoms with E-state index in [2.05, 4.69) is 41.2 Å². The highest BCUT2D eigenvalue weighted by molar-refractivity contribution is 6.03. The summed E-state index contributed by atoms with van der Waals surface area (Å²) in [4.78, 5) is 8.68. The number of rotatable bonds is 7. The molecule has 0 aliphatic heterocycles. The van der Waals surface area contributed by atoms with E-state index in [-0.39, 0.29) is 12.5 Å². The van der Waals surface area contributed by atoms with Crippen LogP contribution in [0.15, 0.2) is 65.3 Å². The first-order valence-corrected chi connectivity index (χ1v) is 9.84. The maximum Gasteiger partial charge on any atom is 0.234 e. The second-order valence-corrected chi connectivity index (χ2v) is 7.16. The predicted molar refractivity (Wildman–Crippen MR) is 112 cm³/mol. The second-order valence-electron chi connectivity index (χ2n) is 7.16. The molecular formula is C24H23N2O3. The minimum Gasteiger partial charge on any atom is -0.477 e. The normalized spacial score (nSPS) is 12.2. The van der Waals surface area contributed by atoms with Crippen molar-refractivity contribution in [3.63, 3.8) is 0 Å². The van der Waals surface area contributed by atoms with Crippen molar-refractivity contribution in [2.24, 2.45) is 5.92 Å². The number of benzene rings is 2. The predicted octanol–water partition coefficient (Wildman–Crippen LogP) is 5.56. The molecule has 29 heavy (non-hydrogen) atoms. The third-order valence-corrected chi connectivity index (χ3v) is 4.93. The summed E-state index contributed by atoms with van der Waals surface area (Å²) < 4.78 is 12.1. The third kappa shape index (κ3) is 3.87. The number of hydrogen-bond donors (Lipinski definition) is 0. The van der Waals surface area contributed by atoms with Crippen LogP contribution in [0.1, 0.15) is 19.4 Å². The van der Waals surface area contributed by atoms with Crippen LogP contribution in [-0.4, -0.2) is 23.2 Å². The first-order chi connectivity index (χ1) is 14.2. The van der Waals surface area contributed by atoms with E-state index in [9.17, 15) is 5.11 Å². The zero-order chi connectivity index (χ0) is 20.2. The first kappa shape index (κ1) is 19.2. The van der Waals surface area contributed by atoms with Gasteiger partial charge in [-0.05, 0) is 17.5 Å². The largest absolute Gasteiger partial charge is 0.477 e. The zero-order valence-corrected chi connectivity index (χ0v) is 16.6. The lowest BCUT2D eigenvalue weighted by Crippen LogP contribution is -2.12. The summed E-state index contributed by atoms with van der Waals surface area (Å²) in [5, 5.41) is 11.9. The van der Waals surface area contributed by atoms with Crippen LogP contribution in [0.3, 0.4) is 0 Å². The highest BCUT2D eigenvalue weighted by Gasteiger charge is 2.23. The van der Waals surface area contributed by atoms with Gasteiger partial charge in [-0.3, -0.25) is 0 Å². The molecule has 4 aromatic rings. The first-order valence-electron chi connectivity index (χ1n) is 9.84. The van der Waals surface area contributed by atoms with Crippen LogP contribution in [0.2, 0.25) is 0 Å². The Morgan fingerprint density at radius 1 is 1.00 bits per heavy atom. The molecule has 0 N–H and O–H groups in total. The van der Waals surface area contributed by atoms with Crippen molar-refractivity contribution in [3.8, 4) is 28.3 Å². The zero-order valence-electron chi connectivity index (χ0n) is 16.6. The monoisotopic (exact) mass is 387 g/mol. The minimum atomic E-state index is -0.194. The van der Waals surface area contributed by atoms with E-state index in [1.165, 1.54) is 11.9 Å². The van der Waals surface area contributed by atoms with E-state index in [0.717, 1.165) is 34.3 Å². The molecule has 5 nitrogen and oxygen atoms in total. The van der Waals surface area contributed by atoms with Gasteiger partial charge in [0.1, 0.15) is 17.5 Å². The van der Waals surface area contributed by atoms with Crippen molar-refractivity contribution in [2.75, 3.05) is 13.2 Å². The number of aryl methyl sites for hydroxylation is 1. The lowest BCUT2D eigenvalue weighted by atomic mass is 9.98. The van der Waals surface area contributed by atoms with Crippen LogP contribution in [0.4, 0.5) is 0 Å². The lowest BCUT2D eigenvalue weighted by Gasteiger charge is -2.10. The van der Waals surface area contributed by atoms with Crippen LogP contribution in [0, 0.1) is 5.92 Å². The smallest absolute Gasteiger partial charge is 0.234 e. The molecule has 0 spiro atoms. The van der Waals surface area contributed by atoms with E-state index in [0.29, 0.717) is 18.2 Å². The highest BCUT2D eigenvalue weighted by Crippen LogP contribution is 2.43. The molecule has 0 saturated heterocycles. The highest BCUT2D eigenvalue weighted by atomic mass is 16.5. The molecule has 0 saturated carbocycles. The quantitative estimate of drug-likeness (QED) is 0.416. The molecule has 0 amide bonds. The van der Waals surface area contributed by atoms with Crippen molar-refractivity contribution in [1.29, 1.82) is 0 Å². The molecule has 1 radical (unpaired) electrons. The molecule has 0 aliphatic carbocycles. The minimum absolute atomic E-state index is 0.104. The molecule has 4 rings (SSSR count). The van der Waals surface area contributed by atoms with Crippen LogP contribution < -0.4 is 4.74 Å². The summed E-state index contributed by atoms with van der Waals surface area (Å²) in [6.45, 7) is 4.10. The summed E-state index contributed by atoms with van der Waals surface area (Å²) in [5.41, 5.74) is 4.60. The Balaban J connectivity index is 1.92. The Morgan fingerprint density at radius 3 is 2.45 bits per heavy atom. The fourth-order valence-corrected chi connectivity index (χ4v) is 3.26. The lowest BCUT2D eigenvalue weighted by molar-refractivity contribution is 0.117. The molecule has 2 aromatic heterocycles. The van der Waals surface area contributed by atoms with Gasteiger partial charge in [-0.25, -0.2) is 15.1 Å². The van der Waals surface area contributed by atoms with E-state index in [4.69, 9.17) is 9.15 Å². The molecule has 5 heteroatoms. The van der Waals surface area contributed by atoms with Crippen molar-refractivity contribution in [3.05, 3.63) is 66.5 Å². The Labute approximate surface area is 170 Å². The standard InChI is InChI=1S/C24H23N2O3/c1-3-17-9-11-18(12-10-17)20-21-23(28-14-16(2)13-27)25-15-26-24(21)29-22(20)19-7-5-4-6-8-19/h4-12,15-16H,3,13-14H2,1-2H3/t16-/m1/s1. The summed E-state index contributed by atoms with van der Waals surface area (Å²) in [7, 11) is 0. The summed E-state index contributed by atoms with van der Waals surface area (Å²) in [6, 6.07) is 18.4. The number of furan rings is 1. The number of aromatic nitrogens is 2. The van der Waals surface area contributed by atoms with Gasteiger partial charge < -0.3 is 9.15 Å². The molecule has 2 aromatic carbocycles. The second kappa shape index (κ2) is 8.45. The average Bonchev–Trinajstić information content (AvgIpc) is 3.18. The number of ether oxygens (including phenoxy) is 1. The van der Waals surface area contributed by atoms with Crippen LogP contribution in [0.25, 0.3) is 33.6 Å². The number of fused-ring (bicyclic) bond motifs is 1. The van der Waals surface area contributed by atoms with E-state index >= 15 is 0 Å². The maximum atomic E-state index is 11.1. The molecule has 2 heterocycles. The fraction of sp³-hybridized carbons (Fsp3) is 0.250. The Hall–Kier alpha value is -3.18. The van der Waals surface area contributed by atoms with Crippen LogP contribution in [0.5, 0.6) is 5.88 Å². The molecule has 0 bridgehead atoms. The van der Waals surface area contributed by atoms with Crippen LogP contribution >= 0.6 is 0 Å². The van der Waals surface area contributed by atoms with E-state index in [1.807, 2.05) is 37.3 Å². The Morgan fingerprint density at radius 2 is 1.76 bits per heavy atom. The van der Waals surface area contributed by atoms with Crippen molar-refractivity contribution < 1.29 is 14.3 Å². The van der Waals surface area contributed by atoms with Crippen molar-refractivity contribution in [1.82, 2.24) is 9.97 Å². The van der Waals surface area contributed by atoms with Crippen molar-refractivity contribution in [2.45, 2.75) is 20.3 Å². The summed E-state index contributed by atoms with van der Waals surface area (Å²) >= 11 is 0. The number of hydrogen-bond acceptors (Lipinski definition) is 4. The van der Waals surface area contributed by atoms with E-state index in [1.54, 1.807) is 0 Å². The summed E-state index contributed by atoms with van der Waals surface area (Å²) in [5.74, 6) is 1.07. The molecule has 0 aliphatic rings. The van der Waals surface area contributed by atoms with Gasteiger partial charge in [0, 0.05) is 17.0 Å². The van der Waals surface area contributed by atoms with Gasteiger partial charge in [-0.2, -0.15) is 0 Å². The van der Waals surface area contributed by atoms with Gasteiger partial charge in [0.15, 0.2) is 0 Å². The topological polar surface area (TPSA) is 68.1 Å². The fourth-order valence-electron chi connectivity index (χ4n) is 3.26. The average molecular weight is 387 g/mol. The van der Waals surface area contributed by atoms with Gasteiger partial charge >= 0.3 is 0 Å². The van der Waals surface area contributed by atoms with E-state index < -0.39 is 0 Å². The van der Waals surface area contributed by atoms with Gasteiger partial charge in [0.25, 0.3) is 0 Å². The van der Waals surface area contributed by atoms with Gasteiger partial charge in [0.2, 0.25) is 11.6 Å². The molecule has 147 valence electrons. The van der Waals surface area contributed by atoms with Gasteiger partial charge in [-0.15, -0.1) is 0 Å². The molecule has 1 atom stereocenters. The van der Waals surface area contributed by atoms with Crippen molar-refractivity contribution >= 4 is 11.1 Å². The SMILES string of the molecule is CCc1ccc(-c2c(-c3ccccc3)oc3ncnc(OC[C@H](C)C[O])c23)cc1. The Kier molecular flexibility index (Phi) is 5.58. The molecule has 0 fully saturated rings. The van der Waals surface area contributed by atoms with Gasteiger partial charge in [0.05, 0.1) is 13.2 Å². The van der Waals surface area contributed by atoms with Crippen LogP contribution in [-0.2, 0) is 11.5 Å². The number of nitrogens with zero attached hydrogens (tertiary/aromatic N) is 2. The van der Waals surface area contributed by atoms with Gasteiger partial charge in [-0.1, -0.05) is 68.4 Å². The Bertz CT molecular complexity index is 1090. The maximum absolute atomic E-state index is 11.1.